The predicted molar refractivity (Wildman–Crippen MR) is 61.7 cm³/mol. The smallest absolute Gasteiger partial charge is 0.214 e. The normalized spacial score (nSPS) is 23.5. The molecule has 2 atom stereocenters. The van der Waals surface area contributed by atoms with Crippen molar-refractivity contribution in [1.82, 2.24) is 4.72 Å². The van der Waals surface area contributed by atoms with Gasteiger partial charge in [-0.15, -0.1) is 0 Å². The third-order valence-corrected chi connectivity index (χ3v) is 4.18. The van der Waals surface area contributed by atoms with E-state index in [-0.39, 0.29) is 24.5 Å². The maximum absolute atomic E-state index is 11.7. The van der Waals surface area contributed by atoms with Crippen molar-refractivity contribution in [3.05, 3.63) is 0 Å². The van der Waals surface area contributed by atoms with Crippen molar-refractivity contribution in [3.8, 4) is 0 Å². The monoisotopic (exact) mass is 251 g/mol. The van der Waals surface area contributed by atoms with Crippen LogP contribution >= 0.6 is 0 Å². The minimum Gasteiger partial charge on any atom is -0.396 e. The molecule has 0 aliphatic carbocycles. The summed E-state index contributed by atoms with van der Waals surface area (Å²) in [6.07, 6.45) is 2.89. The molecule has 0 amide bonds. The third-order valence-electron chi connectivity index (χ3n) is 2.61. The van der Waals surface area contributed by atoms with Crippen molar-refractivity contribution in [2.24, 2.45) is 0 Å². The van der Waals surface area contributed by atoms with Crippen LogP contribution in [0.1, 0.15) is 32.6 Å². The molecule has 6 heteroatoms. The second-order valence-electron chi connectivity index (χ2n) is 4.30. The van der Waals surface area contributed by atoms with Gasteiger partial charge in [-0.1, -0.05) is 0 Å². The van der Waals surface area contributed by atoms with Crippen LogP contribution in [0, 0.1) is 0 Å². The van der Waals surface area contributed by atoms with Crippen LogP contribution in [0.2, 0.25) is 0 Å². The summed E-state index contributed by atoms with van der Waals surface area (Å²) in [7, 11) is -3.25. The van der Waals surface area contributed by atoms with Crippen molar-refractivity contribution in [2.45, 2.75) is 44.8 Å². The zero-order valence-electron chi connectivity index (χ0n) is 9.68. The Labute approximate surface area is 97.2 Å². The van der Waals surface area contributed by atoms with Crippen LogP contribution in [0.3, 0.4) is 0 Å². The molecule has 2 unspecified atom stereocenters. The average molecular weight is 251 g/mol. The van der Waals surface area contributed by atoms with E-state index in [1.165, 1.54) is 0 Å². The first-order valence-corrected chi connectivity index (χ1v) is 7.41. The molecule has 0 bridgehead atoms. The van der Waals surface area contributed by atoms with Gasteiger partial charge in [-0.05, 0) is 32.6 Å². The summed E-state index contributed by atoms with van der Waals surface area (Å²) in [4.78, 5) is 0. The molecule has 0 saturated carbocycles. The first-order valence-electron chi connectivity index (χ1n) is 5.76. The minimum atomic E-state index is -3.25. The number of hydrogen-bond acceptors (Lipinski definition) is 4. The molecule has 0 spiro atoms. The molecule has 1 fully saturated rings. The maximum Gasteiger partial charge on any atom is 0.214 e. The van der Waals surface area contributed by atoms with E-state index < -0.39 is 10.0 Å². The van der Waals surface area contributed by atoms with Crippen LogP contribution in [-0.4, -0.2) is 44.6 Å². The summed E-state index contributed by atoms with van der Waals surface area (Å²) in [6, 6.07) is -0.126. The van der Waals surface area contributed by atoms with Gasteiger partial charge in [-0.25, -0.2) is 13.1 Å². The van der Waals surface area contributed by atoms with Gasteiger partial charge in [0.05, 0.1) is 11.9 Å². The van der Waals surface area contributed by atoms with Crippen molar-refractivity contribution >= 4 is 10.0 Å². The fourth-order valence-electron chi connectivity index (χ4n) is 1.83. The van der Waals surface area contributed by atoms with Gasteiger partial charge >= 0.3 is 0 Å². The predicted octanol–water partition coefficient (Wildman–Crippen LogP) is 0.246. The lowest BCUT2D eigenvalue weighted by atomic mass is 10.2. The Morgan fingerprint density at radius 3 is 2.88 bits per heavy atom. The zero-order valence-corrected chi connectivity index (χ0v) is 10.5. The highest BCUT2D eigenvalue weighted by molar-refractivity contribution is 7.89. The number of ether oxygens (including phenoxy) is 1. The number of rotatable bonds is 7. The number of aliphatic hydroxyl groups excluding tert-OH is 1. The van der Waals surface area contributed by atoms with Gasteiger partial charge in [0.15, 0.2) is 0 Å². The first kappa shape index (κ1) is 13.9. The van der Waals surface area contributed by atoms with E-state index >= 15 is 0 Å². The average Bonchev–Trinajstić information content (AvgIpc) is 2.65. The van der Waals surface area contributed by atoms with Crippen molar-refractivity contribution < 1.29 is 18.3 Å². The standard InChI is InChI=1S/C10H21NO4S/c1-9(4-2-6-12)11-16(13,14)8-10-5-3-7-15-10/h9-12H,2-8H2,1H3. The summed E-state index contributed by atoms with van der Waals surface area (Å²) in [6.45, 7) is 2.57. The molecule has 5 nitrogen and oxygen atoms in total. The van der Waals surface area contributed by atoms with Gasteiger partial charge in [0, 0.05) is 19.3 Å². The first-order chi connectivity index (χ1) is 7.53. The highest BCUT2D eigenvalue weighted by Crippen LogP contribution is 2.13. The molecule has 96 valence electrons. The molecule has 0 aromatic rings. The molecule has 0 aromatic heterocycles. The Morgan fingerprint density at radius 2 is 2.31 bits per heavy atom. The van der Waals surface area contributed by atoms with E-state index in [0.717, 1.165) is 12.8 Å². The lowest BCUT2D eigenvalue weighted by molar-refractivity contribution is 0.127. The van der Waals surface area contributed by atoms with Crippen LogP contribution in [-0.2, 0) is 14.8 Å². The SMILES string of the molecule is CC(CCCO)NS(=O)(=O)CC1CCCO1. The Hall–Kier alpha value is -0.170. The lowest BCUT2D eigenvalue weighted by Gasteiger charge is -2.15. The molecule has 1 rings (SSSR count). The fourth-order valence-corrected chi connectivity index (χ4v) is 3.41. The highest BCUT2D eigenvalue weighted by Gasteiger charge is 2.24. The van der Waals surface area contributed by atoms with E-state index in [0.29, 0.717) is 19.4 Å². The van der Waals surface area contributed by atoms with Crippen molar-refractivity contribution in [1.29, 1.82) is 0 Å². The maximum atomic E-state index is 11.7. The van der Waals surface area contributed by atoms with Gasteiger partial charge < -0.3 is 9.84 Å². The largest absolute Gasteiger partial charge is 0.396 e. The molecule has 2 N–H and O–H groups in total. The number of sulfonamides is 1. The highest BCUT2D eigenvalue weighted by atomic mass is 32.2. The van der Waals surface area contributed by atoms with Crippen LogP contribution < -0.4 is 4.72 Å². The Morgan fingerprint density at radius 1 is 1.56 bits per heavy atom. The van der Waals surface area contributed by atoms with Crippen LogP contribution in [0.25, 0.3) is 0 Å². The number of hydrogen-bond donors (Lipinski definition) is 2. The van der Waals surface area contributed by atoms with Crippen LogP contribution in [0.15, 0.2) is 0 Å². The molecule has 1 heterocycles. The van der Waals surface area contributed by atoms with Gasteiger partial charge in [0.25, 0.3) is 0 Å². The molecule has 1 aliphatic rings. The fraction of sp³-hybridized carbons (Fsp3) is 1.00. The van der Waals surface area contributed by atoms with Gasteiger partial charge in [-0.2, -0.15) is 0 Å². The molecule has 0 aromatic carbocycles. The quantitative estimate of drug-likeness (QED) is 0.680. The second kappa shape index (κ2) is 6.54. The van der Waals surface area contributed by atoms with Crippen molar-refractivity contribution in [2.75, 3.05) is 19.0 Å². The number of aliphatic hydroxyl groups is 1. The second-order valence-corrected chi connectivity index (χ2v) is 6.10. The van der Waals surface area contributed by atoms with Crippen LogP contribution in [0.5, 0.6) is 0 Å². The third kappa shape index (κ3) is 5.25. The topological polar surface area (TPSA) is 75.6 Å². The summed E-state index contributed by atoms with van der Waals surface area (Å²) in [5.41, 5.74) is 0. The molecule has 1 aliphatic heterocycles. The summed E-state index contributed by atoms with van der Waals surface area (Å²) in [5.74, 6) is 0.0520. The molecular formula is C10H21NO4S. The Kier molecular flexibility index (Phi) is 5.68. The van der Waals surface area contributed by atoms with Gasteiger partial charge in [0.2, 0.25) is 10.0 Å². The van der Waals surface area contributed by atoms with E-state index in [9.17, 15) is 8.42 Å². The van der Waals surface area contributed by atoms with Crippen molar-refractivity contribution in [3.63, 3.8) is 0 Å². The van der Waals surface area contributed by atoms with Gasteiger partial charge in [0.1, 0.15) is 0 Å². The number of nitrogens with one attached hydrogen (secondary N) is 1. The summed E-state index contributed by atoms with van der Waals surface area (Å²) < 4.78 is 31.3. The Bertz CT molecular complexity index is 285. The van der Waals surface area contributed by atoms with Crippen LogP contribution in [0.4, 0.5) is 0 Å². The van der Waals surface area contributed by atoms with E-state index in [1.807, 2.05) is 6.92 Å². The molecule has 1 saturated heterocycles. The zero-order chi connectivity index (χ0) is 12.0. The van der Waals surface area contributed by atoms with E-state index in [1.54, 1.807) is 0 Å². The molecular weight excluding hydrogens is 230 g/mol. The molecule has 0 radical (unpaired) electrons. The van der Waals surface area contributed by atoms with E-state index in [2.05, 4.69) is 4.72 Å². The lowest BCUT2D eigenvalue weighted by Crippen LogP contribution is -2.37. The van der Waals surface area contributed by atoms with E-state index in [4.69, 9.17) is 9.84 Å². The Balaban J connectivity index is 2.32. The summed E-state index contributed by atoms with van der Waals surface area (Å²) >= 11 is 0. The van der Waals surface area contributed by atoms with Gasteiger partial charge in [-0.3, -0.25) is 0 Å². The molecule has 16 heavy (non-hydrogen) atoms. The summed E-state index contributed by atoms with van der Waals surface area (Å²) in [5, 5.41) is 8.65. The minimum absolute atomic E-state index is 0.0520.